The number of nitrogens with zero attached hydrogens (tertiary/aromatic N) is 2. The molecule has 3 aromatic rings. The molecule has 0 aliphatic heterocycles. The van der Waals surface area contributed by atoms with E-state index in [-0.39, 0.29) is 12.1 Å². The molecule has 0 bridgehead atoms. The van der Waals surface area contributed by atoms with Crippen molar-refractivity contribution in [1.82, 2.24) is 15.3 Å². The molecule has 2 aliphatic carbocycles. The second kappa shape index (κ2) is 7.70. The Balaban J connectivity index is 1.31. The molecule has 1 saturated carbocycles. The lowest BCUT2D eigenvalue weighted by molar-refractivity contribution is 0.248. The fraction of sp³-hybridized carbons (Fsp3) is 0.348. The summed E-state index contributed by atoms with van der Waals surface area (Å²) in [6, 6.07) is 15.1. The van der Waals surface area contributed by atoms with Crippen molar-refractivity contribution in [2.75, 3.05) is 10.6 Å². The van der Waals surface area contributed by atoms with Crippen molar-refractivity contribution >= 4 is 28.6 Å². The van der Waals surface area contributed by atoms with Crippen LogP contribution in [0.25, 0.3) is 10.9 Å². The van der Waals surface area contributed by atoms with Gasteiger partial charge in [-0.15, -0.1) is 0 Å². The second-order valence-corrected chi connectivity index (χ2v) is 7.98. The summed E-state index contributed by atoms with van der Waals surface area (Å²) in [5.74, 6) is 0.330. The zero-order valence-electron chi connectivity index (χ0n) is 16.3. The van der Waals surface area contributed by atoms with E-state index in [4.69, 9.17) is 0 Å². The minimum Gasteiger partial charge on any atom is -0.378 e. The highest BCUT2D eigenvalue weighted by Crippen LogP contribution is 2.34. The number of aryl methyl sites for hydroxylation is 1. The zero-order valence-corrected chi connectivity index (χ0v) is 16.3. The van der Waals surface area contributed by atoms with E-state index in [9.17, 15) is 4.79 Å². The Morgan fingerprint density at radius 2 is 1.90 bits per heavy atom. The number of urea groups is 1. The Morgan fingerprint density at radius 3 is 2.79 bits per heavy atom. The molecule has 2 aliphatic rings. The number of anilines is 2. The SMILES string of the molecule is O=C(Nc1ncc2ccc(NC3CCc4ccccc43)cc2n1)NC1CCCC1. The van der Waals surface area contributed by atoms with Gasteiger partial charge in [-0.05, 0) is 55.0 Å². The van der Waals surface area contributed by atoms with Crippen LogP contribution in [-0.4, -0.2) is 22.0 Å². The van der Waals surface area contributed by atoms with Gasteiger partial charge in [0.2, 0.25) is 5.95 Å². The average Bonchev–Trinajstić information content (AvgIpc) is 3.38. The van der Waals surface area contributed by atoms with E-state index in [1.54, 1.807) is 6.20 Å². The van der Waals surface area contributed by atoms with Crippen LogP contribution in [0.1, 0.15) is 49.3 Å². The van der Waals surface area contributed by atoms with Gasteiger partial charge >= 0.3 is 6.03 Å². The lowest BCUT2D eigenvalue weighted by Crippen LogP contribution is -2.36. The summed E-state index contributed by atoms with van der Waals surface area (Å²) in [6.07, 6.45) is 8.40. The van der Waals surface area contributed by atoms with Crippen LogP contribution < -0.4 is 16.0 Å². The van der Waals surface area contributed by atoms with Gasteiger partial charge in [0.25, 0.3) is 0 Å². The first-order valence-corrected chi connectivity index (χ1v) is 10.4. The smallest absolute Gasteiger partial charge is 0.321 e. The van der Waals surface area contributed by atoms with Crippen LogP contribution >= 0.6 is 0 Å². The number of carbonyl (C=O) groups excluding carboxylic acids is 1. The molecule has 0 spiro atoms. The molecule has 1 atom stereocenters. The lowest BCUT2D eigenvalue weighted by atomic mass is 10.1. The molecule has 1 heterocycles. The minimum atomic E-state index is -0.229. The molecule has 1 aromatic heterocycles. The number of rotatable bonds is 4. The van der Waals surface area contributed by atoms with E-state index in [2.05, 4.69) is 56.3 Å². The fourth-order valence-corrected chi connectivity index (χ4v) is 4.47. The highest BCUT2D eigenvalue weighted by molar-refractivity contribution is 5.89. The standard InChI is InChI=1S/C23H25N5O/c29-23(26-17-6-2-3-7-17)28-22-24-14-16-9-11-18(13-21(16)27-22)25-20-12-10-15-5-1-4-8-19(15)20/h1,4-5,8-9,11,13-14,17,20,25H,2-3,6-7,10,12H2,(H2,24,26,27,28,29). The summed E-state index contributed by atoms with van der Waals surface area (Å²) >= 11 is 0. The van der Waals surface area contributed by atoms with E-state index in [0.717, 1.165) is 42.3 Å². The summed E-state index contributed by atoms with van der Waals surface area (Å²) < 4.78 is 0. The van der Waals surface area contributed by atoms with Crippen LogP contribution in [0.2, 0.25) is 0 Å². The van der Waals surface area contributed by atoms with E-state index in [1.807, 2.05) is 12.1 Å². The van der Waals surface area contributed by atoms with E-state index in [0.29, 0.717) is 12.0 Å². The maximum Gasteiger partial charge on any atom is 0.321 e. The predicted molar refractivity (Wildman–Crippen MR) is 115 cm³/mol. The Morgan fingerprint density at radius 1 is 1.03 bits per heavy atom. The zero-order chi connectivity index (χ0) is 19.6. The molecular formula is C23H25N5O. The number of benzene rings is 2. The first-order valence-electron chi connectivity index (χ1n) is 10.4. The van der Waals surface area contributed by atoms with Crippen LogP contribution in [0, 0.1) is 0 Å². The van der Waals surface area contributed by atoms with Gasteiger partial charge < -0.3 is 10.6 Å². The summed E-state index contributed by atoms with van der Waals surface area (Å²) in [5, 5.41) is 10.4. The molecule has 148 valence electrons. The van der Waals surface area contributed by atoms with Gasteiger partial charge in [-0.25, -0.2) is 14.8 Å². The predicted octanol–water partition coefficient (Wildman–Crippen LogP) is 4.79. The maximum absolute atomic E-state index is 12.2. The van der Waals surface area contributed by atoms with E-state index in [1.165, 1.54) is 24.0 Å². The van der Waals surface area contributed by atoms with Gasteiger partial charge in [-0.1, -0.05) is 37.1 Å². The molecule has 2 aromatic carbocycles. The highest BCUT2D eigenvalue weighted by Gasteiger charge is 2.22. The van der Waals surface area contributed by atoms with E-state index < -0.39 is 0 Å². The number of aromatic nitrogens is 2. The molecule has 29 heavy (non-hydrogen) atoms. The topological polar surface area (TPSA) is 78.9 Å². The number of hydrogen-bond acceptors (Lipinski definition) is 4. The first-order chi connectivity index (χ1) is 14.2. The van der Waals surface area contributed by atoms with E-state index >= 15 is 0 Å². The Hall–Kier alpha value is -3.15. The van der Waals surface area contributed by atoms with Crippen LogP contribution in [0.5, 0.6) is 0 Å². The average molecular weight is 387 g/mol. The van der Waals surface area contributed by atoms with Gasteiger partial charge in [-0.2, -0.15) is 0 Å². The van der Waals surface area contributed by atoms with Crippen LogP contribution in [0.4, 0.5) is 16.4 Å². The van der Waals surface area contributed by atoms with Gasteiger partial charge in [-0.3, -0.25) is 5.32 Å². The van der Waals surface area contributed by atoms with Gasteiger partial charge in [0, 0.05) is 23.3 Å². The lowest BCUT2D eigenvalue weighted by Gasteiger charge is -2.16. The number of amides is 2. The van der Waals surface area contributed by atoms with Crippen LogP contribution in [-0.2, 0) is 6.42 Å². The number of carbonyl (C=O) groups is 1. The Kier molecular flexibility index (Phi) is 4.76. The van der Waals surface area contributed by atoms with Crippen molar-refractivity contribution < 1.29 is 4.79 Å². The summed E-state index contributed by atoms with van der Waals surface area (Å²) in [7, 11) is 0. The summed E-state index contributed by atoms with van der Waals surface area (Å²) in [5.41, 5.74) is 4.64. The largest absolute Gasteiger partial charge is 0.378 e. The third-order valence-electron chi connectivity index (χ3n) is 5.97. The normalized spacial score (nSPS) is 18.6. The Labute approximate surface area is 170 Å². The molecule has 1 fully saturated rings. The highest BCUT2D eigenvalue weighted by atomic mass is 16.2. The monoisotopic (exact) mass is 387 g/mol. The van der Waals surface area contributed by atoms with Crippen LogP contribution in [0.15, 0.2) is 48.7 Å². The third-order valence-corrected chi connectivity index (χ3v) is 5.97. The number of hydrogen-bond donors (Lipinski definition) is 3. The van der Waals surface area contributed by atoms with Gasteiger partial charge in [0.15, 0.2) is 0 Å². The van der Waals surface area contributed by atoms with Crippen molar-refractivity contribution in [3.63, 3.8) is 0 Å². The molecule has 0 saturated heterocycles. The maximum atomic E-state index is 12.2. The van der Waals surface area contributed by atoms with Crippen molar-refractivity contribution in [3.8, 4) is 0 Å². The minimum absolute atomic E-state index is 0.229. The van der Waals surface area contributed by atoms with Crippen molar-refractivity contribution in [1.29, 1.82) is 0 Å². The summed E-state index contributed by atoms with van der Waals surface area (Å²) in [6.45, 7) is 0. The number of nitrogens with one attached hydrogen (secondary N) is 3. The molecule has 3 N–H and O–H groups in total. The molecule has 0 radical (unpaired) electrons. The van der Waals surface area contributed by atoms with Crippen molar-refractivity contribution in [3.05, 3.63) is 59.8 Å². The Bertz CT molecular complexity index is 1040. The fourth-order valence-electron chi connectivity index (χ4n) is 4.47. The quantitative estimate of drug-likeness (QED) is 0.601. The van der Waals surface area contributed by atoms with Gasteiger partial charge in [0.05, 0.1) is 11.6 Å². The molecule has 2 amide bonds. The van der Waals surface area contributed by atoms with Crippen LogP contribution in [0.3, 0.4) is 0 Å². The van der Waals surface area contributed by atoms with Crippen molar-refractivity contribution in [2.45, 2.75) is 50.6 Å². The second-order valence-electron chi connectivity index (χ2n) is 7.98. The molecule has 6 heteroatoms. The third kappa shape index (κ3) is 3.88. The molecule has 1 unspecified atom stereocenters. The summed E-state index contributed by atoms with van der Waals surface area (Å²) in [4.78, 5) is 21.0. The van der Waals surface area contributed by atoms with Gasteiger partial charge in [0.1, 0.15) is 0 Å². The molecule has 5 rings (SSSR count). The number of fused-ring (bicyclic) bond motifs is 2. The van der Waals surface area contributed by atoms with Crippen molar-refractivity contribution in [2.24, 2.45) is 0 Å². The molecule has 6 nitrogen and oxygen atoms in total. The molecular weight excluding hydrogens is 362 g/mol. The first kappa shape index (κ1) is 17.9.